The summed E-state index contributed by atoms with van der Waals surface area (Å²) in [4.78, 5) is 0. The summed E-state index contributed by atoms with van der Waals surface area (Å²) in [6.07, 6.45) is 8.06. The van der Waals surface area contributed by atoms with Gasteiger partial charge in [-0.15, -0.1) is 0 Å². The summed E-state index contributed by atoms with van der Waals surface area (Å²) in [7, 11) is 1.68. The van der Waals surface area contributed by atoms with Crippen LogP contribution in [0.2, 0.25) is 0 Å². The molecule has 0 saturated heterocycles. The zero-order chi connectivity index (χ0) is 16.0. The van der Waals surface area contributed by atoms with Gasteiger partial charge in [-0.3, -0.25) is 0 Å². The predicted molar refractivity (Wildman–Crippen MR) is 93.6 cm³/mol. The van der Waals surface area contributed by atoms with Crippen LogP contribution in [-0.4, -0.2) is 26.9 Å². The Balaban J connectivity index is 2.17. The van der Waals surface area contributed by atoms with E-state index in [1.807, 2.05) is 12.1 Å². The highest BCUT2D eigenvalue weighted by molar-refractivity contribution is 5.28. The standard InChI is InChI=1S/C19H33NO2/c1-4-5-6-7-8-9-14-20-17(2)18-10-12-19(13-11-18)22-16-15-21-3/h10-13,17,20H,4-9,14-16H2,1-3H3. The summed E-state index contributed by atoms with van der Waals surface area (Å²) in [5.74, 6) is 0.906. The topological polar surface area (TPSA) is 30.5 Å². The number of nitrogens with one attached hydrogen (secondary N) is 1. The molecule has 0 bridgehead atoms. The van der Waals surface area contributed by atoms with Gasteiger partial charge >= 0.3 is 0 Å². The van der Waals surface area contributed by atoms with Gasteiger partial charge in [-0.1, -0.05) is 51.2 Å². The minimum absolute atomic E-state index is 0.392. The zero-order valence-electron chi connectivity index (χ0n) is 14.6. The van der Waals surface area contributed by atoms with Gasteiger partial charge in [0.2, 0.25) is 0 Å². The lowest BCUT2D eigenvalue weighted by molar-refractivity contribution is 0.146. The molecule has 0 aromatic heterocycles. The number of rotatable bonds is 13. The highest BCUT2D eigenvalue weighted by Crippen LogP contribution is 2.17. The van der Waals surface area contributed by atoms with Crippen LogP contribution in [0.3, 0.4) is 0 Å². The van der Waals surface area contributed by atoms with E-state index >= 15 is 0 Å². The summed E-state index contributed by atoms with van der Waals surface area (Å²) in [5, 5.41) is 3.60. The van der Waals surface area contributed by atoms with Crippen LogP contribution in [0, 0.1) is 0 Å². The first kappa shape index (κ1) is 19.0. The van der Waals surface area contributed by atoms with Crippen molar-refractivity contribution in [2.75, 3.05) is 26.9 Å². The second kappa shape index (κ2) is 12.5. The molecule has 3 heteroatoms. The van der Waals surface area contributed by atoms with Crippen LogP contribution in [0.4, 0.5) is 0 Å². The first-order valence-electron chi connectivity index (χ1n) is 8.73. The molecule has 1 aromatic rings. The van der Waals surface area contributed by atoms with E-state index in [4.69, 9.17) is 9.47 Å². The Bertz CT molecular complexity index is 364. The molecule has 1 rings (SSSR count). The van der Waals surface area contributed by atoms with Gasteiger partial charge < -0.3 is 14.8 Å². The van der Waals surface area contributed by atoms with E-state index in [1.165, 1.54) is 44.1 Å². The van der Waals surface area contributed by atoms with E-state index in [-0.39, 0.29) is 0 Å². The summed E-state index contributed by atoms with van der Waals surface area (Å²) in [5.41, 5.74) is 1.31. The SMILES string of the molecule is CCCCCCCCNC(C)c1ccc(OCCOC)cc1. The van der Waals surface area contributed by atoms with Gasteiger partial charge in [0.05, 0.1) is 6.61 Å². The first-order valence-corrected chi connectivity index (χ1v) is 8.73. The van der Waals surface area contributed by atoms with Crippen molar-refractivity contribution in [3.05, 3.63) is 29.8 Å². The molecule has 0 fully saturated rings. The molecular formula is C19H33NO2. The molecule has 1 aromatic carbocycles. The second-order valence-corrected chi connectivity index (χ2v) is 5.85. The highest BCUT2D eigenvalue weighted by Gasteiger charge is 2.04. The van der Waals surface area contributed by atoms with Crippen molar-refractivity contribution in [3.63, 3.8) is 0 Å². The first-order chi connectivity index (χ1) is 10.8. The molecule has 1 atom stereocenters. The number of hydrogen-bond donors (Lipinski definition) is 1. The number of benzene rings is 1. The third-order valence-electron chi connectivity index (χ3n) is 3.92. The third-order valence-corrected chi connectivity index (χ3v) is 3.92. The quantitative estimate of drug-likeness (QED) is 0.535. The Morgan fingerprint density at radius 1 is 0.955 bits per heavy atom. The van der Waals surface area contributed by atoms with E-state index in [1.54, 1.807) is 7.11 Å². The Hall–Kier alpha value is -1.06. The molecule has 0 aliphatic carbocycles. The monoisotopic (exact) mass is 307 g/mol. The molecule has 1 N–H and O–H groups in total. The Morgan fingerprint density at radius 3 is 2.32 bits per heavy atom. The maximum Gasteiger partial charge on any atom is 0.119 e. The van der Waals surface area contributed by atoms with Gasteiger partial charge in [0, 0.05) is 13.2 Å². The average Bonchev–Trinajstić information content (AvgIpc) is 2.55. The van der Waals surface area contributed by atoms with E-state index in [0.29, 0.717) is 19.3 Å². The molecule has 1 unspecified atom stereocenters. The Labute approximate surface area is 136 Å². The predicted octanol–water partition coefficient (Wildman–Crippen LogP) is 4.72. The number of ether oxygens (including phenoxy) is 2. The molecule has 0 heterocycles. The molecular weight excluding hydrogens is 274 g/mol. The van der Waals surface area contributed by atoms with Gasteiger partial charge in [0.15, 0.2) is 0 Å². The lowest BCUT2D eigenvalue weighted by Gasteiger charge is -2.15. The van der Waals surface area contributed by atoms with Gasteiger partial charge in [-0.2, -0.15) is 0 Å². The lowest BCUT2D eigenvalue weighted by atomic mass is 10.1. The van der Waals surface area contributed by atoms with Crippen molar-refractivity contribution in [1.29, 1.82) is 0 Å². The summed E-state index contributed by atoms with van der Waals surface area (Å²) in [6.45, 7) is 6.80. The van der Waals surface area contributed by atoms with Crippen molar-refractivity contribution < 1.29 is 9.47 Å². The molecule has 126 valence electrons. The average molecular weight is 307 g/mol. The molecule has 0 aliphatic rings. The van der Waals surface area contributed by atoms with Gasteiger partial charge in [0.1, 0.15) is 12.4 Å². The molecule has 0 aliphatic heterocycles. The van der Waals surface area contributed by atoms with Crippen molar-refractivity contribution in [2.24, 2.45) is 0 Å². The van der Waals surface area contributed by atoms with Gasteiger partial charge in [0.25, 0.3) is 0 Å². The minimum Gasteiger partial charge on any atom is -0.491 e. The van der Waals surface area contributed by atoms with Crippen molar-refractivity contribution >= 4 is 0 Å². The normalized spacial score (nSPS) is 12.3. The van der Waals surface area contributed by atoms with Crippen LogP contribution in [0.25, 0.3) is 0 Å². The van der Waals surface area contributed by atoms with Crippen molar-refractivity contribution in [3.8, 4) is 5.75 Å². The van der Waals surface area contributed by atoms with E-state index in [9.17, 15) is 0 Å². The fourth-order valence-electron chi connectivity index (χ4n) is 2.44. The van der Waals surface area contributed by atoms with E-state index in [2.05, 4.69) is 31.3 Å². The summed E-state index contributed by atoms with van der Waals surface area (Å²) < 4.78 is 10.6. The molecule has 0 radical (unpaired) electrons. The fraction of sp³-hybridized carbons (Fsp3) is 0.684. The van der Waals surface area contributed by atoms with Crippen LogP contribution >= 0.6 is 0 Å². The smallest absolute Gasteiger partial charge is 0.119 e. The van der Waals surface area contributed by atoms with Crippen LogP contribution < -0.4 is 10.1 Å². The largest absolute Gasteiger partial charge is 0.491 e. The number of methoxy groups -OCH3 is 1. The molecule has 0 spiro atoms. The second-order valence-electron chi connectivity index (χ2n) is 5.85. The molecule has 0 amide bonds. The van der Waals surface area contributed by atoms with Gasteiger partial charge in [-0.25, -0.2) is 0 Å². The van der Waals surface area contributed by atoms with Crippen LogP contribution in [0.15, 0.2) is 24.3 Å². The maximum absolute atomic E-state index is 5.58. The van der Waals surface area contributed by atoms with Crippen molar-refractivity contribution in [2.45, 2.75) is 58.4 Å². The van der Waals surface area contributed by atoms with Gasteiger partial charge in [-0.05, 0) is 37.6 Å². The lowest BCUT2D eigenvalue weighted by Crippen LogP contribution is -2.19. The maximum atomic E-state index is 5.58. The van der Waals surface area contributed by atoms with Crippen LogP contribution in [0.5, 0.6) is 5.75 Å². The van der Waals surface area contributed by atoms with E-state index in [0.717, 1.165) is 12.3 Å². The summed E-state index contributed by atoms with van der Waals surface area (Å²) in [6, 6.07) is 8.74. The van der Waals surface area contributed by atoms with Crippen LogP contribution in [-0.2, 0) is 4.74 Å². The number of hydrogen-bond acceptors (Lipinski definition) is 3. The Morgan fingerprint density at radius 2 is 1.64 bits per heavy atom. The van der Waals surface area contributed by atoms with Crippen LogP contribution in [0.1, 0.15) is 64.0 Å². The van der Waals surface area contributed by atoms with E-state index < -0.39 is 0 Å². The zero-order valence-corrected chi connectivity index (χ0v) is 14.6. The Kier molecular flexibility index (Phi) is 10.8. The summed E-state index contributed by atoms with van der Waals surface area (Å²) >= 11 is 0. The van der Waals surface area contributed by atoms with Crippen molar-refractivity contribution in [1.82, 2.24) is 5.32 Å². The molecule has 3 nitrogen and oxygen atoms in total. The molecule has 0 saturated carbocycles. The third kappa shape index (κ3) is 8.40. The fourth-order valence-corrected chi connectivity index (χ4v) is 2.44. The molecule has 22 heavy (non-hydrogen) atoms. The highest BCUT2D eigenvalue weighted by atomic mass is 16.5. The number of unbranched alkanes of at least 4 members (excludes halogenated alkanes) is 5. The minimum atomic E-state index is 0.392.